The van der Waals surface area contributed by atoms with Crippen LogP contribution >= 0.6 is 0 Å². The van der Waals surface area contributed by atoms with E-state index in [-0.39, 0.29) is 16.2 Å². The van der Waals surface area contributed by atoms with E-state index < -0.39 is 0 Å². The summed E-state index contributed by atoms with van der Waals surface area (Å²) in [6.45, 7) is 11.6. The zero-order valence-electron chi connectivity index (χ0n) is 32.0. The average Bonchev–Trinajstić information content (AvgIpc) is 3.90. The molecule has 0 radical (unpaired) electrons. The maximum Gasteiger partial charge on any atom is 0.159 e. The lowest BCUT2D eigenvalue weighted by molar-refractivity contribution is 0.191. The van der Waals surface area contributed by atoms with Crippen molar-refractivity contribution >= 4 is 39.0 Å². The van der Waals surface area contributed by atoms with E-state index in [1.54, 1.807) is 11.1 Å². The number of anilines is 3. The molecule has 5 atom stereocenters. The van der Waals surface area contributed by atoms with Crippen LogP contribution in [0.4, 0.5) is 17.1 Å². The van der Waals surface area contributed by atoms with Crippen molar-refractivity contribution in [2.75, 3.05) is 4.90 Å². The topological polar surface area (TPSA) is 16.4 Å². The summed E-state index contributed by atoms with van der Waals surface area (Å²) < 4.78 is 7.00. The van der Waals surface area contributed by atoms with Crippen LogP contribution in [-0.4, -0.2) is 0 Å². The molecule has 6 aliphatic rings. The molecule has 0 saturated heterocycles. The van der Waals surface area contributed by atoms with Crippen molar-refractivity contribution in [1.82, 2.24) is 0 Å². The molecule has 2 nitrogen and oxygen atoms in total. The van der Waals surface area contributed by atoms with Gasteiger partial charge in [0.15, 0.2) is 5.58 Å². The fourth-order valence-electron chi connectivity index (χ4n) is 12.8. The highest BCUT2D eigenvalue weighted by Crippen LogP contribution is 2.73. The molecule has 7 aromatic rings. The molecule has 2 heteroatoms. The standard InChI is InChI=1S/C52H47NO/c1-50(2,3)32-17-20-40-41-13-10-16-47(49(41)54-48(40)27-32)53(34-18-21-38-36-11-6-8-14-42(36)51(4,5)45(38)28-34)35-19-22-39-37-12-7-9-15-43(37)52(46(39)29-35)33-24-30-23-31(26-33)44(52)25-30/h6-22,27-31,33,44H,23-26H2,1-5H3. The number of fused-ring (bicyclic) bond motifs is 9. The highest BCUT2D eigenvalue weighted by atomic mass is 16.3. The van der Waals surface area contributed by atoms with Crippen LogP contribution in [0.3, 0.4) is 0 Å². The maximum absolute atomic E-state index is 7.00. The minimum absolute atomic E-state index is 0.0355. The Bertz CT molecular complexity index is 2730. The Balaban J connectivity index is 1.11. The van der Waals surface area contributed by atoms with Gasteiger partial charge >= 0.3 is 0 Å². The molecule has 0 aliphatic heterocycles. The van der Waals surface area contributed by atoms with E-state index in [0.717, 1.165) is 45.9 Å². The minimum atomic E-state index is -0.103. The predicted octanol–water partition coefficient (Wildman–Crippen LogP) is 14.0. The Labute approximate surface area is 318 Å². The first-order chi connectivity index (χ1) is 26.1. The first kappa shape index (κ1) is 31.3. The molecule has 4 fully saturated rings. The van der Waals surface area contributed by atoms with Gasteiger partial charge in [-0.3, -0.25) is 0 Å². The number of hydrogen-bond donors (Lipinski definition) is 0. The molecule has 6 aromatic carbocycles. The fraction of sp³-hybridized carbons (Fsp3) is 0.308. The van der Waals surface area contributed by atoms with E-state index in [9.17, 15) is 0 Å². The van der Waals surface area contributed by atoms with E-state index in [2.05, 4.69) is 161 Å². The van der Waals surface area contributed by atoms with Crippen molar-refractivity contribution < 1.29 is 4.42 Å². The van der Waals surface area contributed by atoms with Crippen LogP contribution in [0.2, 0.25) is 0 Å². The largest absolute Gasteiger partial charge is 0.454 e. The van der Waals surface area contributed by atoms with Gasteiger partial charge in [0.05, 0.1) is 5.69 Å². The molecule has 4 saturated carbocycles. The van der Waals surface area contributed by atoms with Crippen molar-refractivity contribution in [2.24, 2.45) is 23.7 Å². The fourth-order valence-corrected chi connectivity index (χ4v) is 12.8. The molecule has 1 heterocycles. The Morgan fingerprint density at radius 2 is 1.28 bits per heavy atom. The van der Waals surface area contributed by atoms with Crippen molar-refractivity contribution in [3.8, 4) is 22.3 Å². The van der Waals surface area contributed by atoms with Gasteiger partial charge in [0, 0.05) is 33.0 Å². The quantitative estimate of drug-likeness (QED) is 0.182. The van der Waals surface area contributed by atoms with Crippen LogP contribution in [0.15, 0.2) is 126 Å². The van der Waals surface area contributed by atoms with E-state index >= 15 is 0 Å². The average molecular weight is 702 g/mol. The third-order valence-corrected chi connectivity index (χ3v) is 15.0. The van der Waals surface area contributed by atoms with Gasteiger partial charge in [-0.05, 0) is 141 Å². The number of hydrogen-bond acceptors (Lipinski definition) is 2. The summed E-state index contributed by atoms with van der Waals surface area (Å²) in [5, 5.41) is 2.34. The molecule has 1 spiro atoms. The number of rotatable bonds is 3. The normalized spacial score (nSPS) is 25.1. The van der Waals surface area contributed by atoms with Crippen molar-refractivity contribution in [1.29, 1.82) is 0 Å². The van der Waals surface area contributed by atoms with Crippen molar-refractivity contribution in [3.63, 3.8) is 0 Å². The minimum Gasteiger partial charge on any atom is -0.454 e. The SMILES string of the molecule is CC(C)(C)c1ccc2c(c1)oc1c(N(c3ccc4c(c3)C(C)(C)c3ccccc3-4)c3ccc4c(c3)C3(c5ccccc5-4)C4CC5CC(C4)C3C5)cccc12. The van der Waals surface area contributed by atoms with Gasteiger partial charge in [-0.15, -0.1) is 0 Å². The molecule has 6 aliphatic carbocycles. The van der Waals surface area contributed by atoms with Crippen LogP contribution in [0, 0.1) is 23.7 Å². The van der Waals surface area contributed by atoms with Crippen molar-refractivity contribution in [3.05, 3.63) is 149 Å². The molecular formula is C52H47NO. The molecule has 5 unspecified atom stereocenters. The van der Waals surface area contributed by atoms with Crippen LogP contribution in [0.25, 0.3) is 44.2 Å². The lowest BCUT2D eigenvalue weighted by Crippen LogP contribution is -2.40. The summed E-state index contributed by atoms with van der Waals surface area (Å²) in [5.41, 5.74) is 18.3. The van der Waals surface area contributed by atoms with Crippen LogP contribution in [0.5, 0.6) is 0 Å². The lowest BCUT2D eigenvalue weighted by atomic mass is 9.59. The van der Waals surface area contributed by atoms with Crippen LogP contribution in [-0.2, 0) is 16.2 Å². The molecule has 1 aromatic heterocycles. The van der Waals surface area contributed by atoms with E-state index in [1.165, 1.54) is 81.4 Å². The second-order valence-corrected chi connectivity index (χ2v) is 19.0. The Hall–Kier alpha value is -5.08. The predicted molar refractivity (Wildman–Crippen MR) is 223 cm³/mol. The second-order valence-electron chi connectivity index (χ2n) is 19.0. The van der Waals surface area contributed by atoms with Gasteiger partial charge in [-0.1, -0.05) is 120 Å². The third kappa shape index (κ3) is 3.87. The van der Waals surface area contributed by atoms with Crippen LogP contribution < -0.4 is 4.90 Å². The van der Waals surface area contributed by atoms with E-state index in [4.69, 9.17) is 4.42 Å². The molecule has 54 heavy (non-hydrogen) atoms. The number of benzene rings is 6. The maximum atomic E-state index is 7.00. The zero-order valence-corrected chi connectivity index (χ0v) is 32.0. The van der Waals surface area contributed by atoms with E-state index in [0.29, 0.717) is 0 Å². The molecule has 266 valence electrons. The monoisotopic (exact) mass is 701 g/mol. The number of furan rings is 1. The third-order valence-electron chi connectivity index (χ3n) is 15.0. The summed E-state index contributed by atoms with van der Waals surface area (Å²) in [7, 11) is 0. The summed E-state index contributed by atoms with van der Waals surface area (Å²) in [6.07, 6.45) is 5.59. The van der Waals surface area contributed by atoms with E-state index in [1.807, 2.05) is 0 Å². The first-order valence-corrected chi connectivity index (χ1v) is 20.4. The highest BCUT2D eigenvalue weighted by Gasteiger charge is 2.66. The van der Waals surface area contributed by atoms with Gasteiger partial charge in [-0.2, -0.15) is 0 Å². The zero-order chi connectivity index (χ0) is 36.3. The molecule has 4 bridgehead atoms. The molecule has 13 rings (SSSR count). The van der Waals surface area contributed by atoms with Gasteiger partial charge in [-0.25, -0.2) is 0 Å². The summed E-state index contributed by atoms with van der Waals surface area (Å²) >= 11 is 0. The highest BCUT2D eigenvalue weighted by molar-refractivity contribution is 6.10. The Morgan fingerprint density at radius 1 is 0.593 bits per heavy atom. The number of nitrogens with zero attached hydrogens (tertiary/aromatic N) is 1. The summed E-state index contributed by atoms with van der Waals surface area (Å²) in [6, 6.07) is 46.7. The molecule has 0 N–H and O–H groups in total. The lowest BCUT2D eigenvalue weighted by Gasteiger charge is -2.44. The first-order valence-electron chi connectivity index (χ1n) is 20.4. The van der Waals surface area contributed by atoms with Gasteiger partial charge in [0.25, 0.3) is 0 Å². The second kappa shape index (κ2) is 10.4. The van der Waals surface area contributed by atoms with Crippen molar-refractivity contribution in [2.45, 2.75) is 76.5 Å². The Morgan fingerprint density at radius 3 is 2.04 bits per heavy atom. The number of para-hydroxylation sites is 1. The van der Waals surface area contributed by atoms with Gasteiger partial charge < -0.3 is 9.32 Å². The molecular weight excluding hydrogens is 655 g/mol. The Kier molecular flexibility index (Phi) is 6.00. The molecule has 0 amide bonds. The summed E-state index contributed by atoms with van der Waals surface area (Å²) in [4.78, 5) is 2.52. The van der Waals surface area contributed by atoms with Gasteiger partial charge in [0.1, 0.15) is 5.58 Å². The van der Waals surface area contributed by atoms with Crippen LogP contribution in [0.1, 0.15) is 88.1 Å². The van der Waals surface area contributed by atoms with Gasteiger partial charge in [0.2, 0.25) is 0 Å². The smallest absolute Gasteiger partial charge is 0.159 e. The summed E-state index contributed by atoms with van der Waals surface area (Å²) in [5.74, 6) is 3.24.